The number of aliphatic hydroxyl groups excluding tert-OH is 1. The van der Waals surface area contributed by atoms with Gasteiger partial charge in [0.1, 0.15) is 0 Å². The smallest absolute Gasteiger partial charge is 0.159 e. The van der Waals surface area contributed by atoms with Crippen LogP contribution in [0.5, 0.6) is 0 Å². The van der Waals surface area contributed by atoms with Gasteiger partial charge in [-0.05, 0) is 43.0 Å². The monoisotopic (exact) mass is 255 g/mol. The summed E-state index contributed by atoms with van der Waals surface area (Å²) in [5, 5.41) is 13.1. The predicted octanol–water partition coefficient (Wildman–Crippen LogP) is 2.78. The molecule has 1 unspecified atom stereocenters. The lowest BCUT2D eigenvalue weighted by Gasteiger charge is -2.15. The van der Waals surface area contributed by atoms with E-state index in [1.54, 1.807) is 0 Å². The number of hydrogen-bond acceptors (Lipinski definition) is 2. The van der Waals surface area contributed by atoms with Crippen LogP contribution >= 0.6 is 0 Å². The largest absolute Gasteiger partial charge is 0.387 e. The van der Waals surface area contributed by atoms with Crippen LogP contribution in [-0.4, -0.2) is 18.2 Å². The molecule has 4 heteroatoms. The molecule has 0 spiro atoms. The summed E-state index contributed by atoms with van der Waals surface area (Å²) >= 11 is 0. The summed E-state index contributed by atoms with van der Waals surface area (Å²) in [6.07, 6.45) is 4.28. The Bertz CT molecular complexity index is 391. The first kappa shape index (κ1) is 13.4. The summed E-state index contributed by atoms with van der Waals surface area (Å²) in [5.74, 6) is -1.10. The van der Waals surface area contributed by atoms with E-state index in [4.69, 9.17) is 0 Å². The first-order valence-electron chi connectivity index (χ1n) is 6.50. The van der Waals surface area contributed by atoms with E-state index < -0.39 is 17.7 Å². The molecule has 1 aromatic rings. The SMILES string of the molecule is OC(CNCC1CCCC1)c1ccc(F)c(F)c1. The molecule has 0 aliphatic heterocycles. The number of nitrogens with one attached hydrogen (secondary N) is 1. The average Bonchev–Trinajstić information content (AvgIpc) is 2.85. The van der Waals surface area contributed by atoms with Crippen molar-refractivity contribution in [2.24, 2.45) is 5.92 Å². The van der Waals surface area contributed by atoms with Gasteiger partial charge < -0.3 is 10.4 Å². The molecular weight excluding hydrogens is 236 g/mol. The Hall–Kier alpha value is -1.00. The van der Waals surface area contributed by atoms with Crippen LogP contribution in [0.15, 0.2) is 18.2 Å². The highest BCUT2D eigenvalue weighted by atomic mass is 19.2. The molecule has 1 aliphatic rings. The Labute approximate surface area is 106 Å². The van der Waals surface area contributed by atoms with Gasteiger partial charge in [0, 0.05) is 6.54 Å². The minimum Gasteiger partial charge on any atom is -0.387 e. The number of benzene rings is 1. The molecule has 2 rings (SSSR count). The van der Waals surface area contributed by atoms with E-state index >= 15 is 0 Å². The number of halogens is 2. The highest BCUT2D eigenvalue weighted by Gasteiger charge is 2.15. The minimum atomic E-state index is -0.914. The Morgan fingerprint density at radius 1 is 1.22 bits per heavy atom. The van der Waals surface area contributed by atoms with Gasteiger partial charge >= 0.3 is 0 Å². The van der Waals surface area contributed by atoms with E-state index in [-0.39, 0.29) is 0 Å². The molecule has 1 fully saturated rings. The van der Waals surface area contributed by atoms with E-state index in [1.165, 1.54) is 31.7 Å². The van der Waals surface area contributed by atoms with Crippen molar-refractivity contribution in [2.75, 3.05) is 13.1 Å². The van der Waals surface area contributed by atoms with Crippen LogP contribution in [0.25, 0.3) is 0 Å². The Morgan fingerprint density at radius 2 is 1.94 bits per heavy atom. The average molecular weight is 255 g/mol. The zero-order valence-corrected chi connectivity index (χ0v) is 10.3. The molecule has 100 valence electrons. The van der Waals surface area contributed by atoms with Gasteiger partial charge in [0.05, 0.1) is 6.10 Å². The third kappa shape index (κ3) is 3.50. The summed E-state index contributed by atoms with van der Waals surface area (Å²) in [7, 11) is 0. The zero-order chi connectivity index (χ0) is 13.0. The van der Waals surface area contributed by atoms with Crippen molar-refractivity contribution in [1.82, 2.24) is 5.32 Å². The minimum absolute atomic E-state index is 0.377. The number of hydrogen-bond donors (Lipinski definition) is 2. The van der Waals surface area contributed by atoms with Crippen molar-refractivity contribution in [1.29, 1.82) is 0 Å². The summed E-state index contributed by atoms with van der Waals surface area (Å²) in [6.45, 7) is 1.27. The molecule has 0 amide bonds. The summed E-state index contributed by atoms with van der Waals surface area (Å²) in [5.41, 5.74) is 0.410. The Kier molecular flexibility index (Phi) is 4.66. The Morgan fingerprint density at radius 3 is 2.61 bits per heavy atom. The molecular formula is C14H19F2NO. The van der Waals surface area contributed by atoms with E-state index in [9.17, 15) is 13.9 Å². The summed E-state index contributed by atoms with van der Waals surface area (Å²) < 4.78 is 25.7. The standard InChI is InChI=1S/C14H19F2NO/c15-12-6-5-11(7-13(12)16)14(18)9-17-8-10-3-1-2-4-10/h5-7,10,14,17-18H,1-4,8-9H2. The Balaban J connectivity index is 1.79. The zero-order valence-electron chi connectivity index (χ0n) is 10.3. The summed E-state index contributed by atoms with van der Waals surface area (Å²) in [6, 6.07) is 3.52. The molecule has 1 aromatic carbocycles. The van der Waals surface area contributed by atoms with Crippen molar-refractivity contribution in [3.8, 4) is 0 Å². The molecule has 2 nitrogen and oxygen atoms in total. The van der Waals surface area contributed by atoms with Gasteiger partial charge in [-0.15, -0.1) is 0 Å². The van der Waals surface area contributed by atoms with Crippen molar-refractivity contribution >= 4 is 0 Å². The van der Waals surface area contributed by atoms with Gasteiger partial charge in [-0.25, -0.2) is 8.78 Å². The van der Waals surface area contributed by atoms with Crippen molar-refractivity contribution in [3.05, 3.63) is 35.4 Å². The number of rotatable bonds is 5. The summed E-state index contributed by atoms with van der Waals surface area (Å²) in [4.78, 5) is 0. The first-order valence-corrected chi connectivity index (χ1v) is 6.50. The topological polar surface area (TPSA) is 32.3 Å². The second kappa shape index (κ2) is 6.25. The van der Waals surface area contributed by atoms with Gasteiger partial charge in [0.25, 0.3) is 0 Å². The molecule has 0 aromatic heterocycles. The lowest BCUT2D eigenvalue weighted by molar-refractivity contribution is 0.172. The molecule has 2 N–H and O–H groups in total. The second-order valence-electron chi connectivity index (χ2n) is 5.00. The molecule has 1 aliphatic carbocycles. The van der Waals surface area contributed by atoms with Gasteiger partial charge in [0.2, 0.25) is 0 Å². The predicted molar refractivity (Wildman–Crippen MR) is 66.1 cm³/mol. The molecule has 0 saturated heterocycles. The van der Waals surface area contributed by atoms with Crippen LogP contribution in [0.2, 0.25) is 0 Å². The van der Waals surface area contributed by atoms with Crippen LogP contribution in [0, 0.1) is 17.6 Å². The van der Waals surface area contributed by atoms with Gasteiger partial charge in [-0.3, -0.25) is 0 Å². The lowest BCUT2D eigenvalue weighted by atomic mass is 10.1. The molecule has 0 bridgehead atoms. The molecule has 0 radical (unpaired) electrons. The molecule has 18 heavy (non-hydrogen) atoms. The fourth-order valence-electron chi connectivity index (χ4n) is 2.48. The van der Waals surface area contributed by atoms with Gasteiger partial charge in [0.15, 0.2) is 11.6 Å². The highest BCUT2D eigenvalue weighted by molar-refractivity contribution is 5.20. The fourth-order valence-corrected chi connectivity index (χ4v) is 2.48. The highest BCUT2D eigenvalue weighted by Crippen LogP contribution is 2.24. The van der Waals surface area contributed by atoms with Crippen LogP contribution in [0.3, 0.4) is 0 Å². The van der Waals surface area contributed by atoms with Crippen LogP contribution in [0.1, 0.15) is 37.4 Å². The third-order valence-electron chi connectivity index (χ3n) is 3.57. The maximum absolute atomic E-state index is 13.0. The lowest BCUT2D eigenvalue weighted by Crippen LogP contribution is -2.26. The van der Waals surface area contributed by atoms with Crippen LogP contribution in [0.4, 0.5) is 8.78 Å². The maximum Gasteiger partial charge on any atom is 0.159 e. The van der Waals surface area contributed by atoms with Crippen molar-refractivity contribution in [2.45, 2.75) is 31.8 Å². The fraction of sp³-hybridized carbons (Fsp3) is 0.571. The van der Waals surface area contributed by atoms with E-state index in [0.717, 1.165) is 18.7 Å². The van der Waals surface area contributed by atoms with E-state index in [2.05, 4.69) is 5.32 Å². The molecule has 1 saturated carbocycles. The van der Waals surface area contributed by atoms with Crippen molar-refractivity contribution < 1.29 is 13.9 Å². The van der Waals surface area contributed by atoms with Crippen molar-refractivity contribution in [3.63, 3.8) is 0 Å². The van der Waals surface area contributed by atoms with Crippen LogP contribution in [-0.2, 0) is 0 Å². The van der Waals surface area contributed by atoms with E-state index in [0.29, 0.717) is 18.0 Å². The second-order valence-corrected chi connectivity index (χ2v) is 5.00. The normalized spacial score (nSPS) is 18.2. The third-order valence-corrected chi connectivity index (χ3v) is 3.57. The molecule has 1 atom stereocenters. The van der Waals surface area contributed by atoms with Crippen LogP contribution < -0.4 is 5.32 Å². The number of aliphatic hydroxyl groups is 1. The molecule has 0 heterocycles. The van der Waals surface area contributed by atoms with E-state index in [1.807, 2.05) is 0 Å². The quantitative estimate of drug-likeness (QED) is 0.848. The van der Waals surface area contributed by atoms with Gasteiger partial charge in [-0.2, -0.15) is 0 Å². The maximum atomic E-state index is 13.0. The first-order chi connectivity index (χ1) is 8.66. The van der Waals surface area contributed by atoms with Gasteiger partial charge in [-0.1, -0.05) is 18.9 Å².